The van der Waals surface area contributed by atoms with Gasteiger partial charge < -0.3 is 20.4 Å². The molecule has 6 heteroatoms. The summed E-state index contributed by atoms with van der Waals surface area (Å²) in [6.07, 6.45) is 1.88. The van der Waals surface area contributed by atoms with Crippen LogP contribution in [-0.4, -0.2) is 37.7 Å². The normalized spacial score (nSPS) is 10.2. The number of nitrogens with one attached hydrogen (secondary N) is 3. The first-order valence-electron chi connectivity index (χ1n) is 5.86. The van der Waals surface area contributed by atoms with Crippen molar-refractivity contribution in [2.24, 2.45) is 0 Å². The van der Waals surface area contributed by atoms with Crippen molar-refractivity contribution in [2.75, 3.05) is 32.1 Å². The molecule has 0 saturated heterocycles. The van der Waals surface area contributed by atoms with E-state index in [4.69, 9.17) is 4.74 Å². The molecule has 0 aliphatic carbocycles. The number of aromatic nitrogens is 1. The van der Waals surface area contributed by atoms with Gasteiger partial charge in [0.25, 0.3) is 0 Å². The number of carbonyl (C=O) groups is 1. The number of hydrogen-bond acceptors (Lipinski definition) is 3. The quantitative estimate of drug-likeness (QED) is 0.708. The number of benzene rings is 1. The van der Waals surface area contributed by atoms with E-state index in [0.717, 1.165) is 16.6 Å². The molecule has 0 saturated carbocycles. The molecular formula is C13H18ClN3O2. The maximum atomic E-state index is 11.6. The Morgan fingerprint density at radius 1 is 1.37 bits per heavy atom. The van der Waals surface area contributed by atoms with Crippen LogP contribution in [-0.2, 0) is 9.53 Å². The molecule has 1 amide bonds. The minimum Gasteiger partial charge on any atom is -0.383 e. The van der Waals surface area contributed by atoms with Crippen molar-refractivity contribution in [1.29, 1.82) is 0 Å². The lowest BCUT2D eigenvalue weighted by Crippen LogP contribution is -2.30. The molecule has 0 fully saturated rings. The number of fused-ring (bicyclic) bond motifs is 1. The fraction of sp³-hybridized carbons (Fsp3) is 0.308. The largest absolute Gasteiger partial charge is 0.383 e. The molecule has 1 aromatic carbocycles. The van der Waals surface area contributed by atoms with Gasteiger partial charge in [-0.15, -0.1) is 12.4 Å². The zero-order valence-corrected chi connectivity index (χ0v) is 11.5. The lowest BCUT2D eigenvalue weighted by molar-refractivity contribution is -0.115. The van der Waals surface area contributed by atoms with Gasteiger partial charge in [-0.25, -0.2) is 0 Å². The van der Waals surface area contributed by atoms with Gasteiger partial charge in [0.1, 0.15) is 0 Å². The predicted molar refractivity (Wildman–Crippen MR) is 78.9 cm³/mol. The zero-order valence-electron chi connectivity index (χ0n) is 10.7. The smallest absolute Gasteiger partial charge is 0.238 e. The molecule has 1 aromatic heterocycles. The Labute approximate surface area is 118 Å². The van der Waals surface area contributed by atoms with Crippen molar-refractivity contribution in [3.63, 3.8) is 0 Å². The van der Waals surface area contributed by atoms with E-state index in [1.165, 1.54) is 0 Å². The van der Waals surface area contributed by atoms with E-state index in [1.807, 2.05) is 30.5 Å². The Morgan fingerprint density at radius 3 is 3.00 bits per heavy atom. The summed E-state index contributed by atoms with van der Waals surface area (Å²) in [5.41, 5.74) is 1.87. The highest BCUT2D eigenvalue weighted by atomic mass is 35.5. The lowest BCUT2D eigenvalue weighted by atomic mass is 10.2. The molecule has 3 N–H and O–H groups in total. The SMILES string of the molecule is COCCNCC(=O)Nc1ccc2[nH]ccc2c1.Cl. The minimum absolute atomic E-state index is 0. The van der Waals surface area contributed by atoms with E-state index < -0.39 is 0 Å². The highest BCUT2D eigenvalue weighted by Gasteiger charge is 2.02. The minimum atomic E-state index is -0.0546. The summed E-state index contributed by atoms with van der Waals surface area (Å²) in [6, 6.07) is 7.75. The number of methoxy groups -OCH3 is 1. The average Bonchev–Trinajstić information content (AvgIpc) is 2.82. The Bertz CT molecular complexity index is 527. The van der Waals surface area contributed by atoms with Gasteiger partial charge in [-0.05, 0) is 24.3 Å². The van der Waals surface area contributed by atoms with Crippen molar-refractivity contribution in [2.45, 2.75) is 0 Å². The Hall–Kier alpha value is -1.56. The highest BCUT2D eigenvalue weighted by molar-refractivity contribution is 5.94. The van der Waals surface area contributed by atoms with Crippen LogP contribution in [0, 0.1) is 0 Å². The summed E-state index contributed by atoms with van der Waals surface area (Å²) < 4.78 is 4.88. The Kier molecular flexibility index (Phi) is 6.35. The van der Waals surface area contributed by atoms with Crippen LogP contribution in [0.3, 0.4) is 0 Å². The first-order valence-corrected chi connectivity index (χ1v) is 5.86. The van der Waals surface area contributed by atoms with Crippen LogP contribution in [0.2, 0.25) is 0 Å². The number of carbonyl (C=O) groups excluding carboxylic acids is 1. The standard InChI is InChI=1S/C13H17N3O2.ClH/c1-18-7-6-14-9-13(17)16-11-2-3-12-10(8-11)4-5-15-12;/h2-5,8,14-15H,6-7,9H2,1H3,(H,16,17);1H. The molecule has 0 atom stereocenters. The van der Waals surface area contributed by atoms with Gasteiger partial charge in [0, 0.05) is 36.4 Å². The van der Waals surface area contributed by atoms with Crippen molar-refractivity contribution < 1.29 is 9.53 Å². The van der Waals surface area contributed by atoms with E-state index in [9.17, 15) is 4.79 Å². The fourth-order valence-electron chi connectivity index (χ4n) is 1.71. The van der Waals surface area contributed by atoms with Crippen molar-refractivity contribution in [1.82, 2.24) is 10.3 Å². The van der Waals surface area contributed by atoms with Gasteiger partial charge in [0.15, 0.2) is 0 Å². The summed E-state index contributed by atoms with van der Waals surface area (Å²) >= 11 is 0. The number of aromatic amines is 1. The summed E-state index contributed by atoms with van der Waals surface area (Å²) in [5, 5.41) is 6.92. The van der Waals surface area contributed by atoms with Crippen LogP contribution in [0.25, 0.3) is 10.9 Å². The number of halogens is 1. The van der Waals surface area contributed by atoms with Crippen LogP contribution in [0.1, 0.15) is 0 Å². The molecule has 2 rings (SSSR count). The van der Waals surface area contributed by atoms with Crippen LogP contribution < -0.4 is 10.6 Å². The third-order valence-electron chi connectivity index (χ3n) is 2.61. The van der Waals surface area contributed by atoms with Crippen LogP contribution in [0.4, 0.5) is 5.69 Å². The first-order chi connectivity index (χ1) is 8.79. The second-order valence-corrected chi connectivity index (χ2v) is 4.00. The van der Waals surface area contributed by atoms with Gasteiger partial charge in [0.05, 0.1) is 13.2 Å². The molecule has 0 radical (unpaired) electrons. The van der Waals surface area contributed by atoms with Crippen LogP contribution in [0.5, 0.6) is 0 Å². The number of amides is 1. The average molecular weight is 284 g/mol. The molecular weight excluding hydrogens is 266 g/mol. The summed E-state index contributed by atoms with van der Waals surface area (Å²) in [5.74, 6) is -0.0546. The van der Waals surface area contributed by atoms with E-state index in [1.54, 1.807) is 7.11 Å². The summed E-state index contributed by atoms with van der Waals surface area (Å²) in [6.45, 7) is 1.55. The second-order valence-electron chi connectivity index (χ2n) is 4.00. The number of rotatable bonds is 6. The first kappa shape index (κ1) is 15.5. The Morgan fingerprint density at radius 2 is 2.21 bits per heavy atom. The highest BCUT2D eigenvalue weighted by Crippen LogP contribution is 2.17. The van der Waals surface area contributed by atoms with E-state index in [2.05, 4.69) is 15.6 Å². The number of ether oxygens (including phenoxy) is 1. The molecule has 19 heavy (non-hydrogen) atoms. The molecule has 2 aromatic rings. The van der Waals surface area contributed by atoms with Gasteiger partial charge in [0.2, 0.25) is 5.91 Å². The third kappa shape index (κ3) is 4.55. The number of anilines is 1. The molecule has 1 heterocycles. The van der Waals surface area contributed by atoms with Gasteiger partial charge >= 0.3 is 0 Å². The summed E-state index contributed by atoms with van der Waals surface area (Å²) in [7, 11) is 1.63. The predicted octanol–water partition coefficient (Wildman–Crippen LogP) is 1.76. The van der Waals surface area contributed by atoms with Gasteiger partial charge in [-0.2, -0.15) is 0 Å². The molecule has 0 aliphatic heterocycles. The summed E-state index contributed by atoms with van der Waals surface area (Å²) in [4.78, 5) is 14.7. The molecule has 0 bridgehead atoms. The van der Waals surface area contributed by atoms with Crippen LogP contribution >= 0.6 is 12.4 Å². The molecule has 0 aliphatic rings. The molecule has 5 nitrogen and oxygen atoms in total. The van der Waals surface area contributed by atoms with E-state index in [0.29, 0.717) is 13.2 Å². The van der Waals surface area contributed by atoms with Gasteiger partial charge in [-0.3, -0.25) is 4.79 Å². The fourth-order valence-corrected chi connectivity index (χ4v) is 1.71. The maximum Gasteiger partial charge on any atom is 0.238 e. The van der Waals surface area contributed by atoms with Gasteiger partial charge in [-0.1, -0.05) is 0 Å². The number of H-pyrrole nitrogens is 1. The van der Waals surface area contributed by atoms with E-state index >= 15 is 0 Å². The van der Waals surface area contributed by atoms with Crippen molar-refractivity contribution in [3.05, 3.63) is 30.5 Å². The Balaban J connectivity index is 0.00000180. The van der Waals surface area contributed by atoms with Crippen molar-refractivity contribution in [3.8, 4) is 0 Å². The van der Waals surface area contributed by atoms with E-state index in [-0.39, 0.29) is 24.9 Å². The molecule has 104 valence electrons. The third-order valence-corrected chi connectivity index (χ3v) is 2.61. The second kappa shape index (κ2) is 7.78. The lowest BCUT2D eigenvalue weighted by Gasteiger charge is -2.06. The molecule has 0 unspecified atom stereocenters. The monoisotopic (exact) mass is 283 g/mol. The maximum absolute atomic E-state index is 11.6. The molecule has 0 spiro atoms. The van der Waals surface area contributed by atoms with Crippen molar-refractivity contribution >= 4 is 34.9 Å². The van der Waals surface area contributed by atoms with Crippen LogP contribution in [0.15, 0.2) is 30.5 Å². The number of hydrogen-bond donors (Lipinski definition) is 3. The topological polar surface area (TPSA) is 66.2 Å². The zero-order chi connectivity index (χ0) is 12.8.